The van der Waals surface area contributed by atoms with Crippen LogP contribution in [0.2, 0.25) is 0 Å². The zero-order chi connectivity index (χ0) is 50.0. The predicted molar refractivity (Wildman–Crippen MR) is 297 cm³/mol. The van der Waals surface area contributed by atoms with Crippen molar-refractivity contribution in [1.29, 1.82) is 0 Å². The average molecular weight is 962 g/mol. The molecule has 0 saturated carbocycles. The van der Waals surface area contributed by atoms with E-state index in [9.17, 15) is 14.4 Å². The van der Waals surface area contributed by atoms with Crippen LogP contribution in [0, 0.1) is 0 Å². The van der Waals surface area contributed by atoms with Crippen molar-refractivity contribution in [1.82, 2.24) is 0 Å². The largest absolute Gasteiger partial charge is 0.462 e. The lowest BCUT2D eigenvalue weighted by atomic mass is 10.0. The Hall–Kier alpha value is -3.41. The lowest BCUT2D eigenvalue weighted by Gasteiger charge is -2.18. The van der Waals surface area contributed by atoms with Crippen LogP contribution >= 0.6 is 0 Å². The highest BCUT2D eigenvalue weighted by atomic mass is 16.6. The van der Waals surface area contributed by atoms with Gasteiger partial charge in [-0.15, -0.1) is 0 Å². The first-order valence-electron chi connectivity index (χ1n) is 29.1. The summed E-state index contributed by atoms with van der Waals surface area (Å²) in [5.41, 5.74) is 0. The SMILES string of the molecule is CC/C=C\C/C=C\C/C=C\C/C=C\C/C=C\C/C=C\CCC(=O)OC[C@@H](COC(=O)CCCCCCCCCCCCCCC)OC(=O)CCCCCCCCCCC/C=C\CCCCCCCC. The second-order valence-electron chi connectivity index (χ2n) is 19.2. The fraction of sp³-hybridized carbons (Fsp3) is 0.730. The number of esters is 3. The van der Waals surface area contributed by atoms with Crippen LogP contribution in [-0.2, 0) is 28.6 Å². The molecule has 0 aromatic rings. The minimum atomic E-state index is -0.807. The molecular formula is C63H108O6. The molecule has 0 amide bonds. The lowest BCUT2D eigenvalue weighted by molar-refractivity contribution is -0.166. The Kier molecular flexibility index (Phi) is 54.3. The van der Waals surface area contributed by atoms with E-state index in [0.29, 0.717) is 19.3 Å². The number of rotatable bonds is 52. The van der Waals surface area contributed by atoms with E-state index in [4.69, 9.17) is 14.2 Å². The number of ether oxygens (including phenoxy) is 3. The third kappa shape index (κ3) is 55.4. The summed E-state index contributed by atoms with van der Waals surface area (Å²) >= 11 is 0. The maximum atomic E-state index is 12.9. The molecule has 0 bridgehead atoms. The van der Waals surface area contributed by atoms with Gasteiger partial charge in [-0.2, -0.15) is 0 Å². The van der Waals surface area contributed by atoms with Gasteiger partial charge in [0, 0.05) is 19.3 Å². The van der Waals surface area contributed by atoms with Gasteiger partial charge in [-0.25, -0.2) is 0 Å². The summed E-state index contributed by atoms with van der Waals surface area (Å²) in [6.07, 6.45) is 74.4. The van der Waals surface area contributed by atoms with Crippen LogP contribution in [0.3, 0.4) is 0 Å². The summed E-state index contributed by atoms with van der Waals surface area (Å²) < 4.78 is 16.8. The normalized spacial score (nSPS) is 12.7. The second-order valence-corrected chi connectivity index (χ2v) is 19.2. The highest BCUT2D eigenvalue weighted by Gasteiger charge is 2.19. The fourth-order valence-corrected chi connectivity index (χ4v) is 8.05. The van der Waals surface area contributed by atoms with Gasteiger partial charge in [-0.1, -0.05) is 260 Å². The number of carbonyl (C=O) groups is 3. The number of allylic oxidation sites excluding steroid dienone is 14. The molecule has 69 heavy (non-hydrogen) atoms. The van der Waals surface area contributed by atoms with E-state index in [-0.39, 0.29) is 37.5 Å². The molecule has 0 radical (unpaired) electrons. The maximum Gasteiger partial charge on any atom is 0.306 e. The second kappa shape index (κ2) is 57.2. The molecule has 396 valence electrons. The monoisotopic (exact) mass is 961 g/mol. The zero-order valence-corrected chi connectivity index (χ0v) is 45.3. The highest BCUT2D eigenvalue weighted by Crippen LogP contribution is 2.15. The van der Waals surface area contributed by atoms with Crippen molar-refractivity contribution in [3.8, 4) is 0 Å². The summed E-state index contributed by atoms with van der Waals surface area (Å²) in [7, 11) is 0. The molecule has 0 unspecified atom stereocenters. The summed E-state index contributed by atoms with van der Waals surface area (Å²) in [6.45, 7) is 6.47. The summed E-state index contributed by atoms with van der Waals surface area (Å²) in [4.78, 5) is 38.1. The Balaban J connectivity index is 4.46. The van der Waals surface area contributed by atoms with Gasteiger partial charge in [0.1, 0.15) is 13.2 Å². The molecule has 0 aromatic carbocycles. The van der Waals surface area contributed by atoms with Gasteiger partial charge in [0.2, 0.25) is 0 Å². The van der Waals surface area contributed by atoms with E-state index in [0.717, 1.165) is 77.0 Å². The molecule has 0 heterocycles. The number of hydrogen-bond donors (Lipinski definition) is 0. The van der Waals surface area contributed by atoms with Crippen LogP contribution in [0.25, 0.3) is 0 Å². The van der Waals surface area contributed by atoms with E-state index >= 15 is 0 Å². The zero-order valence-electron chi connectivity index (χ0n) is 45.3. The van der Waals surface area contributed by atoms with E-state index in [1.54, 1.807) is 0 Å². The Bertz CT molecular complexity index is 1330. The summed E-state index contributed by atoms with van der Waals surface area (Å²) in [5.74, 6) is -0.981. The quantitative estimate of drug-likeness (QED) is 0.0262. The van der Waals surface area contributed by atoms with Gasteiger partial charge in [-0.05, 0) is 83.5 Å². The average Bonchev–Trinajstić information content (AvgIpc) is 3.35. The van der Waals surface area contributed by atoms with Gasteiger partial charge in [-0.3, -0.25) is 14.4 Å². The smallest absolute Gasteiger partial charge is 0.306 e. The first-order valence-corrected chi connectivity index (χ1v) is 29.1. The number of carbonyl (C=O) groups excluding carboxylic acids is 3. The van der Waals surface area contributed by atoms with Crippen molar-refractivity contribution in [3.63, 3.8) is 0 Å². The predicted octanol–water partition coefficient (Wildman–Crippen LogP) is 19.5. The topological polar surface area (TPSA) is 78.9 Å². The van der Waals surface area contributed by atoms with Crippen LogP contribution in [-0.4, -0.2) is 37.2 Å². The van der Waals surface area contributed by atoms with Crippen LogP contribution < -0.4 is 0 Å². The minimum absolute atomic E-state index is 0.0983. The van der Waals surface area contributed by atoms with Crippen molar-refractivity contribution in [3.05, 3.63) is 85.1 Å². The number of hydrogen-bond acceptors (Lipinski definition) is 6. The Morgan fingerprint density at radius 1 is 0.304 bits per heavy atom. The lowest BCUT2D eigenvalue weighted by Crippen LogP contribution is -2.30. The third-order valence-corrected chi connectivity index (χ3v) is 12.4. The minimum Gasteiger partial charge on any atom is -0.462 e. The van der Waals surface area contributed by atoms with Gasteiger partial charge < -0.3 is 14.2 Å². The van der Waals surface area contributed by atoms with E-state index in [2.05, 4.69) is 99.8 Å². The van der Waals surface area contributed by atoms with E-state index < -0.39 is 6.10 Å². The molecule has 0 rings (SSSR count). The van der Waals surface area contributed by atoms with Crippen molar-refractivity contribution >= 4 is 17.9 Å². The van der Waals surface area contributed by atoms with Crippen LogP contribution in [0.1, 0.15) is 278 Å². The molecule has 0 spiro atoms. The molecule has 6 heteroatoms. The third-order valence-electron chi connectivity index (χ3n) is 12.4. The molecule has 0 fully saturated rings. The molecule has 0 saturated heterocycles. The van der Waals surface area contributed by atoms with Crippen molar-refractivity contribution < 1.29 is 28.6 Å². The molecule has 0 aromatic heterocycles. The molecular weight excluding hydrogens is 853 g/mol. The molecule has 0 aliphatic rings. The molecule has 6 nitrogen and oxygen atoms in total. The van der Waals surface area contributed by atoms with Crippen LogP contribution in [0.5, 0.6) is 0 Å². The van der Waals surface area contributed by atoms with Crippen molar-refractivity contribution in [2.24, 2.45) is 0 Å². The first kappa shape index (κ1) is 65.6. The summed E-state index contributed by atoms with van der Waals surface area (Å²) in [5, 5.41) is 0. The van der Waals surface area contributed by atoms with Crippen molar-refractivity contribution in [2.75, 3.05) is 13.2 Å². The van der Waals surface area contributed by atoms with Crippen LogP contribution in [0.4, 0.5) is 0 Å². The summed E-state index contributed by atoms with van der Waals surface area (Å²) in [6, 6.07) is 0. The van der Waals surface area contributed by atoms with Gasteiger partial charge in [0.15, 0.2) is 6.10 Å². The standard InChI is InChI=1S/C63H108O6/c1-4-7-10-13-16-19-22-25-27-29-31-33-35-38-41-44-47-50-53-56-62(65)68-59-60(58-67-61(64)55-52-49-46-43-40-37-24-21-18-15-12-9-6-3)69-63(66)57-54-51-48-45-42-39-36-34-32-30-28-26-23-20-17-14-11-8-5-2/h7,10,16,19,25-28,31,33,38,41,47,50,60H,4-6,8-9,11-15,17-18,20-24,29-30,32,34-37,39-40,42-46,48-49,51-59H2,1-3H3/b10-7-,19-16-,27-25-,28-26-,33-31-,41-38-,50-47-/t60-/m1/s1. The Morgan fingerprint density at radius 2 is 0.594 bits per heavy atom. The fourth-order valence-electron chi connectivity index (χ4n) is 8.05. The van der Waals surface area contributed by atoms with Gasteiger partial charge >= 0.3 is 17.9 Å². The highest BCUT2D eigenvalue weighted by molar-refractivity contribution is 5.71. The van der Waals surface area contributed by atoms with E-state index in [1.807, 2.05) is 6.08 Å². The maximum absolute atomic E-state index is 12.9. The Labute approximate surface area is 426 Å². The number of unbranched alkanes of at least 4 members (excludes halogenated alkanes) is 27. The molecule has 1 atom stereocenters. The molecule has 0 aliphatic carbocycles. The van der Waals surface area contributed by atoms with Gasteiger partial charge in [0.25, 0.3) is 0 Å². The molecule has 0 N–H and O–H groups in total. The van der Waals surface area contributed by atoms with E-state index in [1.165, 1.54) is 154 Å². The molecule has 0 aliphatic heterocycles. The first-order chi connectivity index (χ1) is 34.0. The van der Waals surface area contributed by atoms with Gasteiger partial charge in [0.05, 0.1) is 0 Å². The van der Waals surface area contributed by atoms with Crippen molar-refractivity contribution in [2.45, 2.75) is 284 Å². The van der Waals surface area contributed by atoms with Crippen LogP contribution in [0.15, 0.2) is 85.1 Å². The Morgan fingerprint density at radius 3 is 0.971 bits per heavy atom.